The number of allylic oxidation sites excluding steroid dienone is 2. The molecule has 0 heterocycles. The van der Waals surface area contributed by atoms with Crippen molar-refractivity contribution in [3.8, 4) is 0 Å². The SMILES string of the molecule is [C]1=CC2CCC1CC2. The highest BCUT2D eigenvalue weighted by molar-refractivity contribution is 4.97. The van der Waals surface area contributed by atoms with Crippen LogP contribution in [0, 0.1) is 17.9 Å². The fraction of sp³-hybridized carbons (Fsp3) is 0.750. The van der Waals surface area contributed by atoms with E-state index in [1.165, 1.54) is 25.7 Å². The molecular formula is C8H11. The maximum atomic E-state index is 3.39. The van der Waals surface area contributed by atoms with E-state index in [-0.39, 0.29) is 0 Å². The van der Waals surface area contributed by atoms with Crippen molar-refractivity contribution in [2.45, 2.75) is 25.7 Å². The largest absolute Gasteiger partial charge is 0.0776 e. The standard InChI is InChI=1S/C8H11/c1-2-8-5-3-7(1)4-6-8/h1,7-8H,3-6H2. The molecule has 3 rings (SSSR count). The van der Waals surface area contributed by atoms with Gasteiger partial charge in [0.1, 0.15) is 0 Å². The van der Waals surface area contributed by atoms with Gasteiger partial charge in [-0.05, 0) is 43.6 Å². The minimum Gasteiger partial charge on any atom is -0.0776 e. The van der Waals surface area contributed by atoms with E-state index in [1.54, 1.807) is 0 Å². The number of hydrogen-bond donors (Lipinski definition) is 0. The first-order valence-electron chi connectivity index (χ1n) is 3.54. The zero-order valence-electron chi connectivity index (χ0n) is 5.06. The quantitative estimate of drug-likeness (QED) is 0.445. The fourth-order valence-electron chi connectivity index (χ4n) is 1.72. The zero-order valence-corrected chi connectivity index (χ0v) is 5.06. The summed E-state index contributed by atoms with van der Waals surface area (Å²) in [4.78, 5) is 0. The van der Waals surface area contributed by atoms with Gasteiger partial charge in [0.2, 0.25) is 0 Å². The molecular weight excluding hydrogens is 96.1 g/mol. The van der Waals surface area contributed by atoms with Crippen LogP contribution in [0.4, 0.5) is 0 Å². The molecule has 0 aromatic heterocycles. The Morgan fingerprint density at radius 2 is 1.88 bits per heavy atom. The predicted molar refractivity (Wildman–Crippen MR) is 33.3 cm³/mol. The third-order valence-electron chi connectivity index (χ3n) is 2.34. The lowest BCUT2D eigenvalue weighted by Crippen LogP contribution is -2.16. The Morgan fingerprint density at radius 3 is 2.00 bits per heavy atom. The Labute approximate surface area is 50.6 Å². The first-order valence-corrected chi connectivity index (χ1v) is 3.54. The maximum absolute atomic E-state index is 3.39. The molecule has 0 atom stereocenters. The van der Waals surface area contributed by atoms with Crippen molar-refractivity contribution in [3.05, 3.63) is 12.2 Å². The van der Waals surface area contributed by atoms with Gasteiger partial charge in [-0.1, -0.05) is 6.08 Å². The van der Waals surface area contributed by atoms with Gasteiger partial charge in [-0.15, -0.1) is 0 Å². The van der Waals surface area contributed by atoms with E-state index in [2.05, 4.69) is 12.2 Å². The molecule has 1 fully saturated rings. The molecule has 0 aliphatic heterocycles. The third-order valence-corrected chi connectivity index (χ3v) is 2.34. The van der Waals surface area contributed by atoms with Crippen LogP contribution >= 0.6 is 0 Å². The zero-order chi connectivity index (χ0) is 5.40. The van der Waals surface area contributed by atoms with Gasteiger partial charge < -0.3 is 0 Å². The summed E-state index contributed by atoms with van der Waals surface area (Å²) >= 11 is 0. The van der Waals surface area contributed by atoms with Gasteiger partial charge in [-0.2, -0.15) is 0 Å². The predicted octanol–water partition coefficient (Wildman–Crippen LogP) is 2.17. The summed E-state index contributed by atoms with van der Waals surface area (Å²) in [5.41, 5.74) is 0. The van der Waals surface area contributed by atoms with Crippen molar-refractivity contribution >= 4 is 0 Å². The molecule has 1 saturated carbocycles. The lowest BCUT2D eigenvalue weighted by atomic mass is 9.76. The van der Waals surface area contributed by atoms with Crippen LogP contribution in [0.1, 0.15) is 25.7 Å². The molecule has 2 bridgehead atoms. The highest BCUT2D eigenvalue weighted by atomic mass is 14.3. The van der Waals surface area contributed by atoms with Gasteiger partial charge in [-0.25, -0.2) is 0 Å². The van der Waals surface area contributed by atoms with Gasteiger partial charge >= 0.3 is 0 Å². The van der Waals surface area contributed by atoms with Gasteiger partial charge in [0.05, 0.1) is 0 Å². The summed E-state index contributed by atoms with van der Waals surface area (Å²) in [6.07, 6.45) is 11.4. The fourth-order valence-corrected chi connectivity index (χ4v) is 1.72. The second-order valence-electron chi connectivity index (χ2n) is 2.95. The van der Waals surface area contributed by atoms with Crippen LogP contribution in [0.5, 0.6) is 0 Å². The second kappa shape index (κ2) is 1.61. The highest BCUT2D eigenvalue weighted by Crippen LogP contribution is 2.34. The minimum atomic E-state index is 0.847. The molecule has 43 valence electrons. The van der Waals surface area contributed by atoms with Crippen molar-refractivity contribution in [2.24, 2.45) is 11.8 Å². The summed E-state index contributed by atoms with van der Waals surface area (Å²) in [5.74, 6) is 1.76. The summed E-state index contributed by atoms with van der Waals surface area (Å²) in [7, 11) is 0. The van der Waals surface area contributed by atoms with Crippen molar-refractivity contribution in [2.75, 3.05) is 0 Å². The molecule has 1 radical (unpaired) electrons. The third kappa shape index (κ3) is 0.594. The van der Waals surface area contributed by atoms with E-state index in [9.17, 15) is 0 Å². The first kappa shape index (κ1) is 4.60. The van der Waals surface area contributed by atoms with Crippen molar-refractivity contribution in [1.82, 2.24) is 0 Å². The van der Waals surface area contributed by atoms with Gasteiger partial charge in [0, 0.05) is 0 Å². The second-order valence-corrected chi connectivity index (χ2v) is 2.95. The van der Waals surface area contributed by atoms with Crippen molar-refractivity contribution in [3.63, 3.8) is 0 Å². The van der Waals surface area contributed by atoms with E-state index >= 15 is 0 Å². The van der Waals surface area contributed by atoms with E-state index < -0.39 is 0 Å². The van der Waals surface area contributed by atoms with Crippen LogP contribution in [-0.2, 0) is 0 Å². The summed E-state index contributed by atoms with van der Waals surface area (Å²) in [6.45, 7) is 0. The van der Waals surface area contributed by atoms with Crippen LogP contribution in [0.15, 0.2) is 6.08 Å². The van der Waals surface area contributed by atoms with Crippen LogP contribution in [0.3, 0.4) is 0 Å². The Morgan fingerprint density at radius 1 is 1.12 bits per heavy atom. The Kier molecular flexibility index (Phi) is 0.927. The van der Waals surface area contributed by atoms with Crippen LogP contribution in [0.25, 0.3) is 0 Å². The molecule has 8 heavy (non-hydrogen) atoms. The molecule has 0 heteroatoms. The van der Waals surface area contributed by atoms with E-state index in [0.717, 1.165) is 11.8 Å². The van der Waals surface area contributed by atoms with E-state index in [4.69, 9.17) is 0 Å². The van der Waals surface area contributed by atoms with E-state index in [1.807, 2.05) is 0 Å². The van der Waals surface area contributed by atoms with Gasteiger partial charge in [0.25, 0.3) is 0 Å². The van der Waals surface area contributed by atoms with Crippen LogP contribution < -0.4 is 0 Å². The average molecular weight is 107 g/mol. The molecule has 3 aliphatic carbocycles. The summed E-state index contributed by atoms with van der Waals surface area (Å²) < 4.78 is 0. The first-order chi connectivity index (χ1) is 3.95. The lowest BCUT2D eigenvalue weighted by Gasteiger charge is -2.29. The Bertz CT molecular complexity index is 91.2. The van der Waals surface area contributed by atoms with E-state index in [0.29, 0.717) is 0 Å². The Balaban J connectivity index is 2.20. The van der Waals surface area contributed by atoms with Gasteiger partial charge in [0.15, 0.2) is 0 Å². The molecule has 0 aromatic carbocycles. The average Bonchev–Trinajstić information content (AvgIpc) is 1.92. The van der Waals surface area contributed by atoms with Crippen molar-refractivity contribution in [1.29, 1.82) is 0 Å². The topological polar surface area (TPSA) is 0 Å². The molecule has 0 aromatic rings. The molecule has 3 aliphatic rings. The monoisotopic (exact) mass is 107 g/mol. The lowest BCUT2D eigenvalue weighted by molar-refractivity contribution is 0.320. The van der Waals surface area contributed by atoms with Crippen LogP contribution in [-0.4, -0.2) is 0 Å². The minimum absolute atomic E-state index is 0.847. The summed E-state index contributed by atoms with van der Waals surface area (Å²) in [6, 6.07) is 0. The van der Waals surface area contributed by atoms with Crippen molar-refractivity contribution < 1.29 is 0 Å². The molecule has 0 spiro atoms. The molecule has 0 saturated heterocycles. The summed E-state index contributed by atoms with van der Waals surface area (Å²) in [5, 5.41) is 0. The molecule has 0 amide bonds. The van der Waals surface area contributed by atoms with Crippen LogP contribution in [0.2, 0.25) is 0 Å². The maximum Gasteiger partial charge on any atom is -0.0162 e. The molecule has 0 nitrogen and oxygen atoms in total. The normalized spacial score (nSPS) is 43.0. The molecule has 0 N–H and O–H groups in total. The number of rotatable bonds is 0. The highest BCUT2D eigenvalue weighted by Gasteiger charge is 2.22. The number of hydrogen-bond acceptors (Lipinski definition) is 0. The Hall–Kier alpha value is -0.260. The smallest absolute Gasteiger partial charge is 0.0162 e. The molecule has 0 unspecified atom stereocenters. The number of fused-ring (bicyclic) bond motifs is 2. The van der Waals surface area contributed by atoms with Gasteiger partial charge in [-0.3, -0.25) is 0 Å².